The first kappa shape index (κ1) is 13.2. The van der Waals surface area contributed by atoms with Gasteiger partial charge in [0.05, 0.1) is 0 Å². The number of rotatable bonds is 3. The molecule has 18 heavy (non-hydrogen) atoms. The summed E-state index contributed by atoms with van der Waals surface area (Å²) in [6.07, 6.45) is 0. The van der Waals surface area contributed by atoms with Crippen molar-refractivity contribution in [3.8, 4) is 11.5 Å². The van der Waals surface area contributed by atoms with Crippen LogP contribution in [0.4, 0.5) is 4.39 Å². The van der Waals surface area contributed by atoms with Crippen molar-refractivity contribution >= 4 is 23.2 Å². The van der Waals surface area contributed by atoms with Crippen molar-refractivity contribution in [2.75, 3.05) is 0 Å². The fraction of sp³-hybridized carbons (Fsp3) is 0.143. The van der Waals surface area contributed by atoms with Gasteiger partial charge in [-0.1, -0.05) is 23.7 Å². The van der Waals surface area contributed by atoms with Crippen molar-refractivity contribution in [1.29, 1.82) is 0 Å². The standard InChI is InChI=1S/C14H11Cl2FO/c1-9-2-4-11(16)7-14(9)18-13-5-3-10(8-15)6-12(13)17/h2-7H,8H2,1H3. The van der Waals surface area contributed by atoms with Crippen LogP contribution in [0, 0.1) is 12.7 Å². The van der Waals surface area contributed by atoms with Gasteiger partial charge in [-0.25, -0.2) is 4.39 Å². The van der Waals surface area contributed by atoms with E-state index in [1.807, 2.05) is 13.0 Å². The van der Waals surface area contributed by atoms with Gasteiger partial charge in [0.2, 0.25) is 0 Å². The highest BCUT2D eigenvalue weighted by molar-refractivity contribution is 6.30. The first-order chi connectivity index (χ1) is 8.60. The third-order valence-electron chi connectivity index (χ3n) is 2.52. The lowest BCUT2D eigenvalue weighted by Gasteiger charge is -2.10. The first-order valence-corrected chi connectivity index (χ1v) is 6.30. The van der Waals surface area contributed by atoms with Gasteiger partial charge in [0.1, 0.15) is 5.75 Å². The van der Waals surface area contributed by atoms with Crippen molar-refractivity contribution < 1.29 is 9.13 Å². The zero-order valence-corrected chi connectivity index (χ0v) is 11.2. The fourth-order valence-corrected chi connectivity index (χ4v) is 1.84. The van der Waals surface area contributed by atoms with Gasteiger partial charge in [0.15, 0.2) is 11.6 Å². The Kier molecular flexibility index (Phi) is 4.10. The van der Waals surface area contributed by atoms with Crippen LogP contribution in [0.3, 0.4) is 0 Å². The minimum atomic E-state index is -0.437. The van der Waals surface area contributed by atoms with Crippen LogP contribution >= 0.6 is 23.2 Å². The molecule has 0 aliphatic heterocycles. The minimum Gasteiger partial charge on any atom is -0.454 e. The van der Waals surface area contributed by atoms with Crippen LogP contribution in [0.5, 0.6) is 11.5 Å². The molecule has 0 atom stereocenters. The van der Waals surface area contributed by atoms with Crippen LogP contribution in [0.1, 0.15) is 11.1 Å². The van der Waals surface area contributed by atoms with E-state index in [1.165, 1.54) is 6.07 Å². The second kappa shape index (κ2) is 5.59. The van der Waals surface area contributed by atoms with E-state index in [0.29, 0.717) is 16.3 Å². The smallest absolute Gasteiger partial charge is 0.166 e. The lowest BCUT2D eigenvalue weighted by Crippen LogP contribution is -1.92. The monoisotopic (exact) mass is 284 g/mol. The summed E-state index contributed by atoms with van der Waals surface area (Å²) in [5.74, 6) is 0.537. The Morgan fingerprint density at radius 3 is 2.56 bits per heavy atom. The van der Waals surface area contributed by atoms with Crippen LogP contribution in [-0.2, 0) is 5.88 Å². The third-order valence-corrected chi connectivity index (χ3v) is 3.06. The van der Waals surface area contributed by atoms with Gasteiger partial charge < -0.3 is 4.74 Å². The normalized spacial score (nSPS) is 10.4. The zero-order chi connectivity index (χ0) is 13.1. The van der Waals surface area contributed by atoms with Gasteiger partial charge in [0.25, 0.3) is 0 Å². The molecule has 0 N–H and O–H groups in total. The Balaban J connectivity index is 2.31. The Labute approximate surface area is 115 Å². The zero-order valence-electron chi connectivity index (χ0n) is 9.71. The molecule has 0 spiro atoms. The molecule has 0 aliphatic carbocycles. The molecule has 0 saturated carbocycles. The summed E-state index contributed by atoms with van der Waals surface area (Å²) >= 11 is 11.5. The fourth-order valence-electron chi connectivity index (χ4n) is 1.51. The van der Waals surface area contributed by atoms with Crippen molar-refractivity contribution in [1.82, 2.24) is 0 Å². The molecule has 0 heterocycles. The number of alkyl halides is 1. The molecule has 0 amide bonds. The molecule has 2 rings (SSSR count). The molecule has 2 aromatic carbocycles. The summed E-state index contributed by atoms with van der Waals surface area (Å²) in [7, 11) is 0. The number of benzene rings is 2. The molecule has 2 aromatic rings. The molecule has 94 valence electrons. The maximum atomic E-state index is 13.7. The Hall–Kier alpha value is -1.25. The summed E-state index contributed by atoms with van der Waals surface area (Å²) < 4.78 is 19.3. The summed E-state index contributed by atoms with van der Waals surface area (Å²) in [5.41, 5.74) is 1.60. The second-order valence-electron chi connectivity index (χ2n) is 3.91. The minimum absolute atomic E-state index is 0.161. The third kappa shape index (κ3) is 2.95. The van der Waals surface area contributed by atoms with Gasteiger partial charge in [0, 0.05) is 10.9 Å². The van der Waals surface area contributed by atoms with Crippen LogP contribution in [0.2, 0.25) is 5.02 Å². The maximum absolute atomic E-state index is 13.7. The second-order valence-corrected chi connectivity index (χ2v) is 4.61. The van der Waals surface area contributed by atoms with Gasteiger partial charge in [-0.05, 0) is 42.3 Å². The largest absolute Gasteiger partial charge is 0.454 e. The van der Waals surface area contributed by atoms with E-state index in [4.69, 9.17) is 27.9 Å². The van der Waals surface area contributed by atoms with Crippen molar-refractivity contribution in [2.24, 2.45) is 0 Å². The average Bonchev–Trinajstić information content (AvgIpc) is 2.36. The number of hydrogen-bond donors (Lipinski definition) is 0. The molecule has 0 aromatic heterocycles. The van der Waals surface area contributed by atoms with Gasteiger partial charge in [-0.15, -0.1) is 11.6 Å². The Morgan fingerprint density at radius 2 is 1.89 bits per heavy atom. The summed E-state index contributed by atoms with van der Waals surface area (Å²) in [6.45, 7) is 1.87. The molecule has 0 aliphatic rings. The molecule has 0 bridgehead atoms. The highest BCUT2D eigenvalue weighted by Crippen LogP contribution is 2.30. The highest BCUT2D eigenvalue weighted by Gasteiger charge is 2.08. The van der Waals surface area contributed by atoms with E-state index in [-0.39, 0.29) is 11.6 Å². The number of halogens is 3. The van der Waals surface area contributed by atoms with Crippen LogP contribution in [0.25, 0.3) is 0 Å². The molecule has 0 saturated heterocycles. The Morgan fingerprint density at radius 1 is 1.11 bits per heavy atom. The molecular formula is C14H11Cl2FO. The summed E-state index contributed by atoms with van der Waals surface area (Å²) in [6, 6.07) is 9.89. The highest BCUT2D eigenvalue weighted by atomic mass is 35.5. The molecule has 1 nitrogen and oxygen atoms in total. The van der Waals surface area contributed by atoms with Crippen molar-refractivity contribution in [3.05, 3.63) is 58.4 Å². The topological polar surface area (TPSA) is 9.23 Å². The molecule has 0 fully saturated rings. The van der Waals surface area contributed by atoms with Crippen LogP contribution < -0.4 is 4.74 Å². The molecular weight excluding hydrogens is 274 g/mol. The first-order valence-electron chi connectivity index (χ1n) is 5.38. The lowest BCUT2D eigenvalue weighted by molar-refractivity contribution is 0.439. The van der Waals surface area contributed by atoms with E-state index in [0.717, 1.165) is 5.56 Å². The number of ether oxygens (including phenoxy) is 1. The van der Waals surface area contributed by atoms with Gasteiger partial charge >= 0.3 is 0 Å². The van der Waals surface area contributed by atoms with E-state index in [9.17, 15) is 4.39 Å². The molecule has 0 unspecified atom stereocenters. The van der Waals surface area contributed by atoms with Crippen LogP contribution in [-0.4, -0.2) is 0 Å². The summed E-state index contributed by atoms with van der Waals surface area (Å²) in [5, 5.41) is 0.549. The van der Waals surface area contributed by atoms with Crippen molar-refractivity contribution in [3.63, 3.8) is 0 Å². The SMILES string of the molecule is Cc1ccc(Cl)cc1Oc1ccc(CCl)cc1F. The average molecular weight is 285 g/mol. The summed E-state index contributed by atoms with van der Waals surface area (Å²) in [4.78, 5) is 0. The van der Waals surface area contributed by atoms with Gasteiger partial charge in [-0.3, -0.25) is 0 Å². The number of aryl methyl sites for hydroxylation is 1. The van der Waals surface area contributed by atoms with E-state index in [1.54, 1.807) is 24.3 Å². The number of hydrogen-bond acceptors (Lipinski definition) is 1. The van der Waals surface area contributed by atoms with Crippen LogP contribution in [0.15, 0.2) is 36.4 Å². The predicted octanol–water partition coefficient (Wildman–Crippen LogP) is 5.32. The van der Waals surface area contributed by atoms with E-state index < -0.39 is 5.82 Å². The van der Waals surface area contributed by atoms with Gasteiger partial charge in [-0.2, -0.15) is 0 Å². The predicted molar refractivity (Wildman–Crippen MR) is 72.2 cm³/mol. The quantitative estimate of drug-likeness (QED) is 0.693. The lowest BCUT2D eigenvalue weighted by atomic mass is 10.2. The van der Waals surface area contributed by atoms with E-state index >= 15 is 0 Å². The van der Waals surface area contributed by atoms with E-state index in [2.05, 4.69) is 0 Å². The molecule has 4 heteroatoms. The Bertz CT molecular complexity index is 570. The van der Waals surface area contributed by atoms with Crippen molar-refractivity contribution in [2.45, 2.75) is 12.8 Å². The molecule has 0 radical (unpaired) electrons. The maximum Gasteiger partial charge on any atom is 0.166 e.